The zero-order valence-electron chi connectivity index (χ0n) is 8.82. The molecule has 1 rings (SSSR count). The number of aliphatic hydroxyl groups is 1. The highest BCUT2D eigenvalue weighted by molar-refractivity contribution is 7.09. The molecule has 8 heteroatoms. The second kappa shape index (κ2) is 4.96. The molecule has 0 amide bonds. The number of hydrogen-bond acceptors (Lipinski definition) is 5. The van der Waals surface area contributed by atoms with Crippen molar-refractivity contribution in [2.75, 3.05) is 18.5 Å². The van der Waals surface area contributed by atoms with E-state index >= 15 is 0 Å². The second-order valence-electron chi connectivity index (χ2n) is 3.46. The van der Waals surface area contributed by atoms with E-state index < -0.39 is 18.1 Å². The molecule has 0 spiro atoms. The Morgan fingerprint density at radius 3 is 2.56 bits per heavy atom. The number of alkyl halides is 3. The Labute approximate surface area is 94.9 Å². The van der Waals surface area contributed by atoms with Crippen LogP contribution in [-0.4, -0.2) is 34.2 Å². The second-order valence-corrected chi connectivity index (χ2v) is 4.19. The molecule has 0 saturated heterocycles. The van der Waals surface area contributed by atoms with E-state index in [1.54, 1.807) is 18.9 Å². The lowest BCUT2D eigenvalue weighted by molar-refractivity contribution is -0.144. The Bertz CT molecular complexity index is 340. The van der Waals surface area contributed by atoms with Crippen molar-refractivity contribution in [3.05, 3.63) is 5.82 Å². The zero-order valence-corrected chi connectivity index (χ0v) is 9.64. The largest absolute Gasteiger partial charge is 0.452 e. The van der Waals surface area contributed by atoms with E-state index in [-0.39, 0.29) is 5.13 Å². The molecule has 16 heavy (non-hydrogen) atoms. The van der Waals surface area contributed by atoms with E-state index in [4.69, 9.17) is 5.11 Å². The lowest BCUT2D eigenvalue weighted by Crippen LogP contribution is -2.21. The van der Waals surface area contributed by atoms with Gasteiger partial charge in [0.1, 0.15) is 0 Å². The van der Waals surface area contributed by atoms with Crippen LogP contribution in [0.25, 0.3) is 0 Å². The van der Waals surface area contributed by atoms with Crippen LogP contribution in [0.3, 0.4) is 0 Å². The standard InChI is InChI=1S/C8H12F3N3OS/c1-5(15)3-4-14(2)7-12-6(13-16-7)8(9,10)11/h5,15H,3-4H2,1-2H3. The summed E-state index contributed by atoms with van der Waals surface area (Å²) in [5, 5.41) is 9.25. The summed E-state index contributed by atoms with van der Waals surface area (Å²) < 4.78 is 39.8. The van der Waals surface area contributed by atoms with Gasteiger partial charge in [-0.1, -0.05) is 0 Å². The first-order valence-electron chi connectivity index (χ1n) is 4.61. The van der Waals surface area contributed by atoms with Crippen LogP contribution in [0.2, 0.25) is 0 Å². The topological polar surface area (TPSA) is 49.2 Å². The SMILES string of the molecule is CC(O)CCN(C)c1nc(C(F)(F)F)ns1. The maximum absolute atomic E-state index is 12.2. The van der Waals surface area contributed by atoms with Gasteiger partial charge < -0.3 is 10.0 Å². The van der Waals surface area contributed by atoms with Gasteiger partial charge in [-0.3, -0.25) is 0 Å². The molecule has 92 valence electrons. The van der Waals surface area contributed by atoms with Crippen LogP contribution in [0.15, 0.2) is 0 Å². The van der Waals surface area contributed by atoms with Gasteiger partial charge in [-0.05, 0) is 13.3 Å². The highest BCUT2D eigenvalue weighted by Crippen LogP contribution is 2.29. The van der Waals surface area contributed by atoms with Crippen molar-refractivity contribution in [2.24, 2.45) is 0 Å². The number of nitrogens with zero attached hydrogens (tertiary/aromatic N) is 3. The first-order chi connectivity index (χ1) is 7.30. The van der Waals surface area contributed by atoms with Crippen LogP contribution in [0.4, 0.5) is 18.3 Å². The van der Waals surface area contributed by atoms with E-state index in [0.29, 0.717) is 24.5 Å². The van der Waals surface area contributed by atoms with Gasteiger partial charge in [-0.15, -0.1) is 0 Å². The van der Waals surface area contributed by atoms with Gasteiger partial charge in [0.05, 0.1) is 6.10 Å². The quantitative estimate of drug-likeness (QED) is 0.890. The number of hydrogen-bond donors (Lipinski definition) is 1. The summed E-state index contributed by atoms with van der Waals surface area (Å²) >= 11 is 0.699. The smallest absolute Gasteiger partial charge is 0.393 e. The van der Waals surface area contributed by atoms with Gasteiger partial charge in [0.15, 0.2) is 0 Å². The van der Waals surface area contributed by atoms with Crippen LogP contribution < -0.4 is 4.90 Å². The molecule has 0 aliphatic carbocycles. The minimum Gasteiger partial charge on any atom is -0.393 e. The molecule has 4 nitrogen and oxygen atoms in total. The van der Waals surface area contributed by atoms with Crippen molar-refractivity contribution in [3.8, 4) is 0 Å². The fourth-order valence-corrected chi connectivity index (χ4v) is 1.63. The summed E-state index contributed by atoms with van der Waals surface area (Å²) in [4.78, 5) is 4.93. The molecule has 1 atom stereocenters. The molecule has 0 fully saturated rings. The Kier molecular flexibility index (Phi) is 4.09. The van der Waals surface area contributed by atoms with Crippen LogP contribution in [0.5, 0.6) is 0 Å². The average Bonchev–Trinajstić information content (AvgIpc) is 2.61. The van der Waals surface area contributed by atoms with E-state index in [1.165, 1.54) is 0 Å². The molecule has 1 aromatic rings. The fraction of sp³-hybridized carbons (Fsp3) is 0.750. The highest BCUT2D eigenvalue weighted by Gasteiger charge is 2.36. The molecule has 1 N–H and O–H groups in total. The molecule has 0 radical (unpaired) electrons. The van der Waals surface area contributed by atoms with Crippen LogP contribution in [-0.2, 0) is 6.18 Å². The first kappa shape index (κ1) is 13.2. The van der Waals surface area contributed by atoms with Crippen molar-refractivity contribution in [2.45, 2.75) is 25.6 Å². The predicted octanol–water partition coefficient (Wildman–Crippen LogP) is 1.76. The average molecular weight is 255 g/mol. The van der Waals surface area contributed by atoms with Crippen molar-refractivity contribution in [1.29, 1.82) is 0 Å². The van der Waals surface area contributed by atoms with Gasteiger partial charge in [0.2, 0.25) is 11.0 Å². The Morgan fingerprint density at radius 2 is 2.12 bits per heavy atom. The van der Waals surface area contributed by atoms with Crippen LogP contribution in [0, 0.1) is 0 Å². The summed E-state index contributed by atoms with van der Waals surface area (Å²) in [7, 11) is 1.61. The third kappa shape index (κ3) is 3.60. The molecule has 0 saturated carbocycles. The third-order valence-electron chi connectivity index (χ3n) is 1.88. The van der Waals surface area contributed by atoms with Gasteiger partial charge >= 0.3 is 6.18 Å². The maximum atomic E-state index is 12.2. The summed E-state index contributed by atoms with van der Waals surface area (Å²) in [6.45, 7) is 2.05. The van der Waals surface area contributed by atoms with Crippen LogP contribution >= 0.6 is 11.5 Å². The molecule has 0 aromatic carbocycles. The van der Waals surface area contributed by atoms with Crippen molar-refractivity contribution in [3.63, 3.8) is 0 Å². The third-order valence-corrected chi connectivity index (χ3v) is 2.71. The molecular formula is C8H12F3N3OS. The molecular weight excluding hydrogens is 243 g/mol. The normalized spacial score (nSPS) is 13.9. The summed E-state index contributed by atoms with van der Waals surface area (Å²) in [5.41, 5.74) is 0. The Morgan fingerprint density at radius 1 is 1.50 bits per heavy atom. The molecule has 1 unspecified atom stereocenters. The van der Waals surface area contributed by atoms with E-state index in [9.17, 15) is 13.2 Å². The molecule has 0 aliphatic heterocycles. The molecule has 1 heterocycles. The molecule has 0 bridgehead atoms. The maximum Gasteiger partial charge on any atom is 0.452 e. The predicted molar refractivity (Wildman–Crippen MR) is 54.5 cm³/mol. The molecule has 0 aliphatic rings. The van der Waals surface area contributed by atoms with E-state index in [0.717, 1.165) is 0 Å². The minimum absolute atomic E-state index is 0.202. The Hall–Kier alpha value is -0.890. The van der Waals surface area contributed by atoms with E-state index in [2.05, 4.69) is 9.36 Å². The van der Waals surface area contributed by atoms with Crippen molar-refractivity contribution < 1.29 is 18.3 Å². The zero-order chi connectivity index (χ0) is 12.3. The Balaban J connectivity index is 2.63. The lowest BCUT2D eigenvalue weighted by Gasteiger charge is -2.15. The fourth-order valence-electron chi connectivity index (χ4n) is 0.962. The lowest BCUT2D eigenvalue weighted by atomic mass is 10.3. The van der Waals surface area contributed by atoms with Crippen molar-refractivity contribution in [1.82, 2.24) is 9.36 Å². The van der Waals surface area contributed by atoms with Gasteiger partial charge in [0.25, 0.3) is 0 Å². The summed E-state index contributed by atoms with van der Waals surface area (Å²) in [6.07, 6.45) is -4.52. The van der Waals surface area contributed by atoms with E-state index in [1.807, 2.05) is 0 Å². The summed E-state index contributed by atoms with van der Waals surface area (Å²) in [5.74, 6) is -1.11. The number of rotatable bonds is 4. The molecule has 1 aromatic heterocycles. The van der Waals surface area contributed by atoms with Crippen molar-refractivity contribution >= 4 is 16.7 Å². The van der Waals surface area contributed by atoms with Gasteiger partial charge in [-0.25, -0.2) is 0 Å². The first-order valence-corrected chi connectivity index (χ1v) is 5.38. The minimum atomic E-state index is -4.50. The van der Waals surface area contributed by atoms with Crippen LogP contribution in [0.1, 0.15) is 19.2 Å². The number of anilines is 1. The number of halogens is 3. The monoisotopic (exact) mass is 255 g/mol. The number of aliphatic hydroxyl groups excluding tert-OH is 1. The summed E-state index contributed by atoms with van der Waals surface area (Å²) in [6, 6.07) is 0. The van der Waals surface area contributed by atoms with Gasteiger partial charge in [0, 0.05) is 25.1 Å². The van der Waals surface area contributed by atoms with Gasteiger partial charge in [-0.2, -0.15) is 22.5 Å². The highest BCUT2D eigenvalue weighted by atomic mass is 32.1. The number of aromatic nitrogens is 2.